The fourth-order valence-electron chi connectivity index (χ4n) is 1.24. The number of hydrogen-bond donors (Lipinski definition) is 1. The molecule has 0 fully saturated rings. The molecule has 0 aliphatic heterocycles. The second-order valence-electron chi connectivity index (χ2n) is 3.17. The van der Waals surface area contributed by atoms with Crippen LogP contribution in [0.4, 0.5) is 17.6 Å². The van der Waals surface area contributed by atoms with Crippen molar-refractivity contribution in [2.45, 2.75) is 6.18 Å². The molecule has 8 heteroatoms. The summed E-state index contributed by atoms with van der Waals surface area (Å²) in [6.45, 7) is 0. The van der Waals surface area contributed by atoms with Gasteiger partial charge in [-0.3, -0.25) is 9.51 Å². The van der Waals surface area contributed by atoms with Gasteiger partial charge in [0.2, 0.25) is 0 Å². The lowest BCUT2D eigenvalue weighted by molar-refractivity contribution is -0.137. The SMILES string of the molecule is O=c1[nH]c(-c2cc(F)cc(C(F)(F)F)c2)no1. The Bertz CT molecular complexity index is 600. The Kier molecular flexibility index (Phi) is 2.49. The van der Waals surface area contributed by atoms with Gasteiger partial charge in [-0.05, 0) is 18.2 Å². The first kappa shape index (κ1) is 11.4. The number of hydrogen-bond acceptors (Lipinski definition) is 3. The van der Waals surface area contributed by atoms with E-state index in [1.807, 2.05) is 4.98 Å². The fourth-order valence-corrected chi connectivity index (χ4v) is 1.24. The van der Waals surface area contributed by atoms with Crippen molar-refractivity contribution < 1.29 is 22.1 Å². The zero-order valence-electron chi connectivity index (χ0n) is 8.01. The van der Waals surface area contributed by atoms with Crippen molar-refractivity contribution in [1.29, 1.82) is 0 Å². The molecule has 2 aromatic rings. The first-order valence-corrected chi connectivity index (χ1v) is 4.30. The van der Waals surface area contributed by atoms with Gasteiger partial charge < -0.3 is 0 Å². The molecule has 17 heavy (non-hydrogen) atoms. The van der Waals surface area contributed by atoms with Gasteiger partial charge in [0.1, 0.15) is 5.82 Å². The molecule has 90 valence electrons. The highest BCUT2D eigenvalue weighted by Gasteiger charge is 2.31. The fraction of sp³-hybridized carbons (Fsp3) is 0.111. The van der Waals surface area contributed by atoms with E-state index < -0.39 is 23.3 Å². The highest BCUT2D eigenvalue weighted by molar-refractivity contribution is 5.55. The molecular formula is C9H4F4N2O2. The second-order valence-corrected chi connectivity index (χ2v) is 3.17. The van der Waals surface area contributed by atoms with Crippen LogP contribution in [0.15, 0.2) is 27.5 Å². The summed E-state index contributed by atoms with van der Waals surface area (Å²) >= 11 is 0. The van der Waals surface area contributed by atoms with Crippen LogP contribution < -0.4 is 5.76 Å². The lowest BCUT2D eigenvalue weighted by atomic mass is 10.1. The van der Waals surface area contributed by atoms with Gasteiger partial charge in [0.25, 0.3) is 0 Å². The van der Waals surface area contributed by atoms with Gasteiger partial charge in [-0.25, -0.2) is 9.18 Å². The Morgan fingerprint density at radius 1 is 1.24 bits per heavy atom. The van der Waals surface area contributed by atoms with E-state index >= 15 is 0 Å². The Hall–Kier alpha value is -2.12. The molecule has 0 aliphatic rings. The Labute approximate surface area is 90.9 Å². The average Bonchev–Trinajstić information content (AvgIpc) is 2.62. The Morgan fingerprint density at radius 3 is 2.47 bits per heavy atom. The van der Waals surface area contributed by atoms with Gasteiger partial charge in [0.15, 0.2) is 5.82 Å². The molecule has 2 rings (SSSR count). The monoisotopic (exact) mass is 248 g/mol. The zero-order chi connectivity index (χ0) is 12.6. The standard InChI is InChI=1S/C9H4F4N2O2/c10-6-2-4(7-14-8(16)17-15-7)1-5(3-6)9(11,12)13/h1-3H,(H,14,15,16). The second kappa shape index (κ2) is 3.72. The molecule has 4 nitrogen and oxygen atoms in total. The van der Waals surface area contributed by atoms with E-state index in [1.54, 1.807) is 0 Å². The topological polar surface area (TPSA) is 58.9 Å². The van der Waals surface area contributed by atoms with Gasteiger partial charge in [0, 0.05) is 5.56 Å². The van der Waals surface area contributed by atoms with Crippen molar-refractivity contribution in [1.82, 2.24) is 10.1 Å². The number of aromatic nitrogens is 2. The van der Waals surface area contributed by atoms with Crippen LogP contribution in [-0.4, -0.2) is 10.1 Å². The number of aromatic amines is 1. The maximum Gasteiger partial charge on any atom is 0.439 e. The summed E-state index contributed by atoms with van der Waals surface area (Å²) in [5.41, 5.74) is -1.39. The number of nitrogens with one attached hydrogen (secondary N) is 1. The number of rotatable bonds is 1. The molecule has 0 radical (unpaired) electrons. The molecule has 0 spiro atoms. The average molecular weight is 248 g/mol. The quantitative estimate of drug-likeness (QED) is 0.787. The van der Waals surface area contributed by atoms with E-state index in [9.17, 15) is 22.4 Å². The van der Waals surface area contributed by atoms with Crippen LogP contribution in [-0.2, 0) is 6.18 Å². The van der Waals surface area contributed by atoms with Crippen LogP contribution in [0.1, 0.15) is 5.56 Å². The van der Waals surface area contributed by atoms with Crippen molar-refractivity contribution in [3.05, 3.63) is 40.1 Å². The molecule has 0 saturated carbocycles. The van der Waals surface area contributed by atoms with Crippen LogP contribution >= 0.6 is 0 Å². The summed E-state index contributed by atoms with van der Waals surface area (Å²) in [6, 6.07) is 1.82. The minimum Gasteiger partial charge on any atom is -0.296 e. The van der Waals surface area contributed by atoms with Crippen LogP contribution in [0.25, 0.3) is 11.4 Å². The number of benzene rings is 1. The highest BCUT2D eigenvalue weighted by Crippen LogP contribution is 2.32. The van der Waals surface area contributed by atoms with Gasteiger partial charge >= 0.3 is 11.9 Å². The number of halogens is 4. The molecule has 0 unspecified atom stereocenters. The maximum atomic E-state index is 13.0. The lowest BCUT2D eigenvalue weighted by Gasteiger charge is -2.07. The molecule has 1 heterocycles. The van der Waals surface area contributed by atoms with Crippen molar-refractivity contribution in [2.75, 3.05) is 0 Å². The molecule has 1 aromatic carbocycles. The first-order valence-electron chi connectivity index (χ1n) is 4.30. The molecule has 0 atom stereocenters. The summed E-state index contributed by atoms with van der Waals surface area (Å²) < 4.78 is 54.3. The Morgan fingerprint density at radius 2 is 1.94 bits per heavy atom. The third-order valence-corrected chi connectivity index (χ3v) is 1.94. The summed E-state index contributed by atoms with van der Waals surface area (Å²) in [6.07, 6.45) is -4.68. The molecular weight excluding hydrogens is 244 g/mol. The first-order chi connectivity index (χ1) is 7.86. The predicted molar refractivity (Wildman–Crippen MR) is 47.5 cm³/mol. The van der Waals surface area contributed by atoms with Crippen LogP contribution in [0.2, 0.25) is 0 Å². The molecule has 0 bridgehead atoms. The van der Waals surface area contributed by atoms with E-state index in [4.69, 9.17) is 0 Å². The summed E-state index contributed by atoms with van der Waals surface area (Å²) in [7, 11) is 0. The van der Waals surface area contributed by atoms with E-state index in [-0.39, 0.29) is 11.4 Å². The van der Waals surface area contributed by atoms with E-state index in [1.165, 1.54) is 0 Å². The molecule has 0 aliphatic carbocycles. The summed E-state index contributed by atoms with van der Waals surface area (Å²) in [5.74, 6) is -2.28. The smallest absolute Gasteiger partial charge is 0.296 e. The normalized spacial score (nSPS) is 11.8. The Balaban J connectivity index is 2.56. The molecule has 0 saturated heterocycles. The zero-order valence-corrected chi connectivity index (χ0v) is 8.01. The van der Waals surface area contributed by atoms with Gasteiger partial charge in [-0.1, -0.05) is 5.16 Å². The molecule has 1 aromatic heterocycles. The number of alkyl halides is 3. The predicted octanol–water partition coefficient (Wildman–Crippen LogP) is 2.19. The highest BCUT2D eigenvalue weighted by atomic mass is 19.4. The van der Waals surface area contributed by atoms with Crippen molar-refractivity contribution in [3.63, 3.8) is 0 Å². The summed E-state index contributed by atoms with van der Waals surface area (Å²) in [4.78, 5) is 12.7. The van der Waals surface area contributed by atoms with Gasteiger partial charge in [0.05, 0.1) is 5.56 Å². The van der Waals surface area contributed by atoms with Crippen molar-refractivity contribution in [2.24, 2.45) is 0 Å². The lowest BCUT2D eigenvalue weighted by Crippen LogP contribution is -2.06. The largest absolute Gasteiger partial charge is 0.439 e. The van der Waals surface area contributed by atoms with E-state index in [2.05, 4.69) is 9.68 Å². The maximum absolute atomic E-state index is 13.0. The van der Waals surface area contributed by atoms with Gasteiger partial charge in [-0.15, -0.1) is 0 Å². The number of nitrogens with zero attached hydrogens (tertiary/aromatic N) is 1. The minimum atomic E-state index is -4.68. The third-order valence-electron chi connectivity index (χ3n) is 1.94. The summed E-state index contributed by atoms with van der Waals surface area (Å²) in [5, 5.41) is 3.17. The minimum absolute atomic E-state index is 0.219. The van der Waals surface area contributed by atoms with Crippen molar-refractivity contribution in [3.8, 4) is 11.4 Å². The van der Waals surface area contributed by atoms with Crippen LogP contribution in [0, 0.1) is 5.82 Å². The van der Waals surface area contributed by atoms with Crippen molar-refractivity contribution >= 4 is 0 Å². The number of H-pyrrole nitrogens is 1. The van der Waals surface area contributed by atoms with Crippen LogP contribution in [0.3, 0.4) is 0 Å². The van der Waals surface area contributed by atoms with Gasteiger partial charge in [-0.2, -0.15) is 13.2 Å². The van der Waals surface area contributed by atoms with E-state index in [0.717, 1.165) is 6.07 Å². The van der Waals surface area contributed by atoms with Crippen LogP contribution in [0.5, 0.6) is 0 Å². The third kappa shape index (κ3) is 2.35. The van der Waals surface area contributed by atoms with E-state index in [0.29, 0.717) is 12.1 Å². The molecule has 1 N–H and O–H groups in total. The molecule has 0 amide bonds.